The van der Waals surface area contributed by atoms with Gasteiger partial charge in [-0.05, 0) is 36.5 Å². The number of para-hydroxylation sites is 2. The van der Waals surface area contributed by atoms with Crippen molar-refractivity contribution in [2.45, 2.75) is 0 Å². The normalized spacial score (nSPS) is 18.3. The minimum atomic E-state index is -1.01. The third kappa shape index (κ3) is 3.17. The molecule has 1 N–H and O–H groups in total. The molecule has 1 aliphatic rings. The summed E-state index contributed by atoms with van der Waals surface area (Å²) in [5.41, 5.74) is 1.29. The molecule has 1 fully saturated rings. The van der Waals surface area contributed by atoms with Crippen LogP contribution in [-0.4, -0.2) is 23.1 Å². The van der Waals surface area contributed by atoms with Gasteiger partial charge in [0, 0.05) is 6.21 Å². The molecule has 0 unspecified atom stereocenters. The highest BCUT2D eigenvalue weighted by molar-refractivity contribution is 7.80. The van der Waals surface area contributed by atoms with Gasteiger partial charge in [0.1, 0.15) is 0 Å². The first-order valence-corrected chi connectivity index (χ1v) is 7.41. The van der Waals surface area contributed by atoms with Crippen LogP contribution in [0.4, 0.5) is 11.4 Å². The molecule has 1 atom stereocenters. The number of carbonyl (C=O) groups excluding carboxylic acids is 2. The van der Waals surface area contributed by atoms with Gasteiger partial charge in [-0.3, -0.25) is 19.5 Å². The van der Waals surface area contributed by atoms with E-state index in [1.807, 2.05) is 24.3 Å². The van der Waals surface area contributed by atoms with Gasteiger partial charge in [0.2, 0.25) is 5.91 Å². The van der Waals surface area contributed by atoms with Gasteiger partial charge in [0.15, 0.2) is 11.0 Å². The van der Waals surface area contributed by atoms with Gasteiger partial charge in [-0.15, -0.1) is 0 Å². The number of benzene rings is 2. The number of nitrogens with zero attached hydrogens (tertiary/aromatic N) is 2. The molecule has 6 heteroatoms. The zero-order valence-electron chi connectivity index (χ0n) is 12.0. The van der Waals surface area contributed by atoms with E-state index in [4.69, 9.17) is 12.2 Å². The van der Waals surface area contributed by atoms with Crippen molar-refractivity contribution in [3.63, 3.8) is 0 Å². The highest BCUT2D eigenvalue weighted by Crippen LogP contribution is 2.20. The van der Waals surface area contributed by atoms with E-state index in [1.54, 1.807) is 36.4 Å². The van der Waals surface area contributed by atoms with Gasteiger partial charge in [-0.1, -0.05) is 36.4 Å². The maximum Gasteiger partial charge on any atom is 0.251 e. The molecule has 2 aromatic rings. The smallest absolute Gasteiger partial charge is 0.251 e. The maximum atomic E-state index is 12.7. The summed E-state index contributed by atoms with van der Waals surface area (Å²) >= 11 is 5.12. The van der Waals surface area contributed by atoms with Crippen LogP contribution in [-0.2, 0) is 9.59 Å². The number of hydrogen-bond acceptors (Lipinski definition) is 4. The summed E-state index contributed by atoms with van der Waals surface area (Å²) in [4.78, 5) is 30.3. The Bertz CT molecular complexity index is 775. The van der Waals surface area contributed by atoms with Gasteiger partial charge in [-0.2, -0.15) is 0 Å². The van der Waals surface area contributed by atoms with Crippen LogP contribution in [0, 0.1) is 5.92 Å². The first-order chi connectivity index (χ1) is 11.2. The molecule has 0 aromatic heterocycles. The molecule has 2 aromatic carbocycles. The molecule has 0 spiro atoms. The highest BCUT2D eigenvalue weighted by atomic mass is 32.1. The Morgan fingerprint density at radius 2 is 1.61 bits per heavy atom. The van der Waals surface area contributed by atoms with E-state index in [2.05, 4.69) is 10.3 Å². The molecule has 1 heterocycles. The second-order valence-corrected chi connectivity index (χ2v) is 5.28. The van der Waals surface area contributed by atoms with Crippen LogP contribution in [0.1, 0.15) is 0 Å². The van der Waals surface area contributed by atoms with Crippen molar-refractivity contribution in [1.82, 2.24) is 5.32 Å². The molecule has 0 saturated carbocycles. The van der Waals surface area contributed by atoms with E-state index < -0.39 is 17.7 Å². The van der Waals surface area contributed by atoms with Crippen LogP contribution in [0.2, 0.25) is 0 Å². The molecule has 0 radical (unpaired) electrons. The number of aliphatic imine (C=N–C) groups is 1. The van der Waals surface area contributed by atoms with Crippen molar-refractivity contribution >= 4 is 46.7 Å². The van der Waals surface area contributed by atoms with Gasteiger partial charge in [0.25, 0.3) is 5.91 Å². The molecular formula is C17H13N3O2S. The Morgan fingerprint density at radius 3 is 2.26 bits per heavy atom. The Labute approximate surface area is 138 Å². The van der Waals surface area contributed by atoms with Crippen LogP contribution in [0.3, 0.4) is 0 Å². The Balaban J connectivity index is 1.88. The van der Waals surface area contributed by atoms with E-state index >= 15 is 0 Å². The van der Waals surface area contributed by atoms with Crippen LogP contribution in [0.15, 0.2) is 65.7 Å². The summed E-state index contributed by atoms with van der Waals surface area (Å²) in [6.07, 6.45) is 1.35. The van der Waals surface area contributed by atoms with Crippen molar-refractivity contribution in [1.29, 1.82) is 0 Å². The summed E-state index contributed by atoms with van der Waals surface area (Å²) in [7, 11) is 0. The number of hydrogen-bond donors (Lipinski definition) is 1. The zero-order chi connectivity index (χ0) is 16.2. The van der Waals surface area contributed by atoms with Gasteiger partial charge < -0.3 is 5.32 Å². The fourth-order valence-electron chi connectivity index (χ4n) is 2.22. The molecule has 2 amide bonds. The standard InChI is InChI=1S/C17H13N3O2S/c21-15-14(11-18-12-7-3-1-4-8-12)16(22)20(17(23)19-15)13-9-5-2-6-10-13/h1-11,14H,(H,19,21,23)/t14-/m1/s1. The fraction of sp³-hybridized carbons (Fsp3) is 0.0588. The molecule has 1 aliphatic heterocycles. The Hall–Kier alpha value is -2.86. The van der Waals surface area contributed by atoms with Crippen LogP contribution < -0.4 is 10.2 Å². The van der Waals surface area contributed by atoms with Crippen LogP contribution >= 0.6 is 12.2 Å². The molecule has 23 heavy (non-hydrogen) atoms. The average molecular weight is 323 g/mol. The lowest BCUT2D eigenvalue weighted by Gasteiger charge is -2.30. The number of anilines is 1. The van der Waals surface area contributed by atoms with Crippen LogP contribution in [0.25, 0.3) is 0 Å². The van der Waals surface area contributed by atoms with Gasteiger partial charge >= 0.3 is 0 Å². The average Bonchev–Trinajstić information content (AvgIpc) is 2.56. The third-order valence-electron chi connectivity index (χ3n) is 3.35. The van der Waals surface area contributed by atoms with Crippen molar-refractivity contribution in [2.24, 2.45) is 10.9 Å². The summed E-state index contributed by atoms with van der Waals surface area (Å²) in [6.45, 7) is 0. The van der Waals surface area contributed by atoms with E-state index in [1.165, 1.54) is 11.1 Å². The third-order valence-corrected chi connectivity index (χ3v) is 3.63. The Kier molecular flexibility index (Phi) is 4.25. The van der Waals surface area contributed by atoms with Crippen LogP contribution in [0.5, 0.6) is 0 Å². The predicted molar refractivity (Wildman–Crippen MR) is 92.8 cm³/mol. The number of amides is 2. The SMILES string of the molecule is O=C1NC(=S)N(c2ccccc2)C(=O)[C@@H]1C=Nc1ccccc1. The molecule has 5 nitrogen and oxygen atoms in total. The lowest BCUT2D eigenvalue weighted by atomic mass is 10.1. The largest absolute Gasteiger partial charge is 0.301 e. The van der Waals surface area contributed by atoms with Crippen molar-refractivity contribution in [3.05, 3.63) is 60.7 Å². The molecule has 114 valence electrons. The summed E-state index contributed by atoms with van der Waals surface area (Å²) in [5, 5.41) is 2.63. The molecule has 0 aliphatic carbocycles. The minimum absolute atomic E-state index is 0.0792. The summed E-state index contributed by atoms with van der Waals surface area (Å²) in [5.74, 6) is -1.89. The summed E-state index contributed by atoms with van der Waals surface area (Å²) < 4.78 is 0. The van der Waals surface area contributed by atoms with E-state index in [-0.39, 0.29) is 5.11 Å². The van der Waals surface area contributed by atoms with Crippen molar-refractivity contribution in [2.75, 3.05) is 4.90 Å². The second-order valence-electron chi connectivity index (χ2n) is 4.89. The summed E-state index contributed by atoms with van der Waals surface area (Å²) in [6, 6.07) is 18.1. The lowest BCUT2D eigenvalue weighted by Crippen LogP contribution is -2.58. The Morgan fingerprint density at radius 1 is 1.00 bits per heavy atom. The van der Waals surface area contributed by atoms with Gasteiger partial charge in [-0.25, -0.2) is 0 Å². The number of nitrogens with one attached hydrogen (secondary N) is 1. The first kappa shape index (κ1) is 15.1. The van der Waals surface area contributed by atoms with E-state index in [0.29, 0.717) is 11.4 Å². The number of thiocarbonyl (C=S) groups is 1. The topological polar surface area (TPSA) is 61.8 Å². The fourth-order valence-corrected chi connectivity index (χ4v) is 2.51. The zero-order valence-corrected chi connectivity index (χ0v) is 12.9. The van der Waals surface area contributed by atoms with Crippen molar-refractivity contribution < 1.29 is 9.59 Å². The quantitative estimate of drug-likeness (QED) is 0.536. The monoisotopic (exact) mass is 323 g/mol. The maximum absolute atomic E-state index is 12.7. The van der Waals surface area contributed by atoms with Gasteiger partial charge in [0.05, 0.1) is 11.4 Å². The van der Waals surface area contributed by atoms with E-state index in [9.17, 15) is 9.59 Å². The molecular weight excluding hydrogens is 310 g/mol. The lowest BCUT2D eigenvalue weighted by molar-refractivity contribution is -0.130. The predicted octanol–water partition coefficient (Wildman–Crippen LogP) is 2.45. The molecule has 1 saturated heterocycles. The minimum Gasteiger partial charge on any atom is -0.301 e. The first-order valence-electron chi connectivity index (χ1n) is 7.00. The number of rotatable bonds is 3. The van der Waals surface area contributed by atoms with Crippen molar-refractivity contribution in [3.8, 4) is 0 Å². The molecule has 0 bridgehead atoms. The molecule has 3 rings (SSSR count). The second kappa shape index (κ2) is 6.50. The van der Waals surface area contributed by atoms with E-state index in [0.717, 1.165) is 0 Å². The highest BCUT2D eigenvalue weighted by Gasteiger charge is 2.38. The number of carbonyl (C=O) groups is 2.